The minimum Gasteiger partial charge on any atom is -0.325 e. The summed E-state index contributed by atoms with van der Waals surface area (Å²) in [5, 5.41) is 13.9. The van der Waals surface area contributed by atoms with Gasteiger partial charge in [-0.1, -0.05) is 11.8 Å². The molecule has 2 rings (SSSR count). The Balaban J connectivity index is 1.95. The fourth-order valence-electron chi connectivity index (χ4n) is 1.58. The van der Waals surface area contributed by atoms with Gasteiger partial charge in [0.05, 0.1) is 10.7 Å². The molecule has 7 nitrogen and oxygen atoms in total. The van der Waals surface area contributed by atoms with Crippen LogP contribution < -0.4 is 5.32 Å². The number of aromatic nitrogens is 2. The number of nitrogens with zero attached hydrogens (tertiary/aromatic N) is 3. The van der Waals surface area contributed by atoms with E-state index in [2.05, 4.69) is 15.3 Å². The van der Waals surface area contributed by atoms with Crippen LogP contribution in [0.5, 0.6) is 0 Å². The van der Waals surface area contributed by atoms with E-state index in [4.69, 9.17) is 0 Å². The van der Waals surface area contributed by atoms with Crippen LogP contribution in [0.25, 0.3) is 0 Å². The number of hydrogen-bond donors (Lipinski definition) is 1. The molecular formula is C13H12N4O3S. The molecule has 0 saturated heterocycles. The van der Waals surface area contributed by atoms with Crippen LogP contribution in [0, 0.1) is 17.0 Å². The van der Waals surface area contributed by atoms with Crippen molar-refractivity contribution < 1.29 is 9.72 Å². The lowest BCUT2D eigenvalue weighted by Crippen LogP contribution is -2.15. The minimum atomic E-state index is -0.471. The zero-order valence-electron chi connectivity index (χ0n) is 11.1. The lowest BCUT2D eigenvalue weighted by molar-refractivity contribution is -0.384. The van der Waals surface area contributed by atoms with E-state index in [-0.39, 0.29) is 17.3 Å². The third-order valence-corrected chi connectivity index (χ3v) is 3.44. The summed E-state index contributed by atoms with van der Waals surface area (Å²) in [6, 6.07) is 6.00. The number of nitro groups is 1. The van der Waals surface area contributed by atoms with Crippen molar-refractivity contribution in [3.8, 4) is 0 Å². The molecule has 0 atom stereocenters. The van der Waals surface area contributed by atoms with Crippen molar-refractivity contribution in [3.05, 3.63) is 52.3 Å². The first-order valence-corrected chi connectivity index (χ1v) is 6.99. The molecule has 0 bridgehead atoms. The molecule has 1 aromatic heterocycles. The second kappa shape index (κ2) is 6.80. The third-order valence-electron chi connectivity index (χ3n) is 2.57. The molecule has 0 saturated carbocycles. The molecular weight excluding hydrogens is 292 g/mol. The van der Waals surface area contributed by atoms with E-state index in [9.17, 15) is 14.9 Å². The van der Waals surface area contributed by atoms with E-state index < -0.39 is 4.92 Å². The first-order valence-electron chi connectivity index (χ1n) is 6.01. The van der Waals surface area contributed by atoms with Crippen LogP contribution >= 0.6 is 11.8 Å². The summed E-state index contributed by atoms with van der Waals surface area (Å²) in [5.74, 6) is -0.0510. The van der Waals surface area contributed by atoms with E-state index in [1.54, 1.807) is 25.4 Å². The first kappa shape index (κ1) is 14.9. The highest BCUT2D eigenvalue weighted by molar-refractivity contribution is 7.99. The molecule has 1 aromatic carbocycles. The van der Waals surface area contributed by atoms with Gasteiger partial charge in [0, 0.05) is 30.2 Å². The molecule has 0 aliphatic rings. The Bertz CT molecular complexity index is 664. The standard InChI is InChI=1S/C13H12N4O3S/c1-9-7-10(17(19)20)3-4-11(9)16-12(18)8-21-13-14-5-2-6-15-13/h2-7H,8H2,1H3,(H,16,18). The van der Waals surface area contributed by atoms with Crippen LogP contribution in [0.2, 0.25) is 0 Å². The third kappa shape index (κ3) is 4.25. The van der Waals surface area contributed by atoms with Gasteiger partial charge in [-0.15, -0.1) is 0 Å². The number of carbonyl (C=O) groups excluding carboxylic acids is 1. The van der Waals surface area contributed by atoms with Crippen molar-refractivity contribution in [1.82, 2.24) is 9.97 Å². The predicted molar refractivity (Wildman–Crippen MR) is 79.2 cm³/mol. The van der Waals surface area contributed by atoms with E-state index in [0.29, 0.717) is 16.4 Å². The van der Waals surface area contributed by atoms with Gasteiger partial charge in [-0.3, -0.25) is 14.9 Å². The molecule has 0 aliphatic heterocycles. The van der Waals surface area contributed by atoms with Gasteiger partial charge in [0.2, 0.25) is 5.91 Å². The smallest absolute Gasteiger partial charge is 0.269 e. The summed E-state index contributed by atoms with van der Waals surface area (Å²) in [6.45, 7) is 1.70. The van der Waals surface area contributed by atoms with Gasteiger partial charge < -0.3 is 5.32 Å². The number of anilines is 1. The van der Waals surface area contributed by atoms with Gasteiger partial charge in [-0.05, 0) is 24.6 Å². The number of thioether (sulfide) groups is 1. The van der Waals surface area contributed by atoms with E-state index in [1.165, 1.54) is 30.0 Å². The van der Waals surface area contributed by atoms with Gasteiger partial charge in [0.1, 0.15) is 0 Å². The number of nitrogens with one attached hydrogen (secondary N) is 1. The predicted octanol–water partition coefficient (Wildman–Crippen LogP) is 2.42. The molecule has 1 amide bonds. The highest BCUT2D eigenvalue weighted by Crippen LogP contribution is 2.21. The second-order valence-corrected chi connectivity index (χ2v) is 5.07. The molecule has 0 radical (unpaired) electrons. The number of hydrogen-bond acceptors (Lipinski definition) is 6. The molecule has 0 aliphatic carbocycles. The number of nitro benzene ring substituents is 1. The van der Waals surface area contributed by atoms with Gasteiger partial charge in [0.15, 0.2) is 5.16 Å². The summed E-state index contributed by atoms with van der Waals surface area (Å²) in [4.78, 5) is 30.0. The quantitative estimate of drug-likeness (QED) is 0.394. The minimum absolute atomic E-state index is 0.00226. The highest BCUT2D eigenvalue weighted by atomic mass is 32.2. The number of amides is 1. The van der Waals surface area contributed by atoms with Crippen LogP contribution in [-0.2, 0) is 4.79 Å². The Kier molecular flexibility index (Phi) is 4.83. The van der Waals surface area contributed by atoms with Crippen LogP contribution in [0.15, 0.2) is 41.8 Å². The number of rotatable bonds is 5. The SMILES string of the molecule is Cc1cc([N+](=O)[O-])ccc1NC(=O)CSc1ncccn1. The van der Waals surface area contributed by atoms with Crippen molar-refractivity contribution in [2.24, 2.45) is 0 Å². The summed E-state index contributed by atoms with van der Waals surface area (Å²) in [6.07, 6.45) is 3.21. The maximum absolute atomic E-state index is 11.8. The summed E-state index contributed by atoms with van der Waals surface area (Å²) in [7, 11) is 0. The van der Waals surface area contributed by atoms with Crippen LogP contribution in [-0.4, -0.2) is 26.6 Å². The van der Waals surface area contributed by atoms with E-state index in [1.807, 2.05) is 0 Å². The van der Waals surface area contributed by atoms with Crippen LogP contribution in [0.3, 0.4) is 0 Å². The maximum atomic E-state index is 11.8. The van der Waals surface area contributed by atoms with Crippen molar-refractivity contribution in [1.29, 1.82) is 0 Å². The molecule has 8 heteroatoms. The average Bonchev–Trinajstić information content (AvgIpc) is 2.48. The van der Waals surface area contributed by atoms with Gasteiger partial charge in [-0.25, -0.2) is 9.97 Å². The lowest BCUT2D eigenvalue weighted by atomic mass is 10.2. The number of carbonyl (C=O) groups is 1. The fourth-order valence-corrected chi connectivity index (χ4v) is 2.18. The Hall–Kier alpha value is -2.48. The Labute approximate surface area is 125 Å². The normalized spacial score (nSPS) is 10.1. The Morgan fingerprint density at radius 1 is 1.38 bits per heavy atom. The molecule has 0 fully saturated rings. The number of benzene rings is 1. The summed E-state index contributed by atoms with van der Waals surface area (Å²) < 4.78 is 0. The largest absolute Gasteiger partial charge is 0.325 e. The van der Waals surface area contributed by atoms with Crippen molar-refractivity contribution in [3.63, 3.8) is 0 Å². The molecule has 1 heterocycles. The van der Waals surface area contributed by atoms with E-state index in [0.717, 1.165) is 0 Å². The Morgan fingerprint density at radius 3 is 2.71 bits per heavy atom. The van der Waals surface area contributed by atoms with Gasteiger partial charge >= 0.3 is 0 Å². The fraction of sp³-hybridized carbons (Fsp3) is 0.154. The zero-order valence-corrected chi connectivity index (χ0v) is 12.0. The first-order chi connectivity index (χ1) is 10.1. The molecule has 108 valence electrons. The zero-order chi connectivity index (χ0) is 15.2. The highest BCUT2D eigenvalue weighted by Gasteiger charge is 2.10. The van der Waals surface area contributed by atoms with E-state index >= 15 is 0 Å². The monoisotopic (exact) mass is 304 g/mol. The summed E-state index contributed by atoms with van der Waals surface area (Å²) in [5.41, 5.74) is 1.19. The molecule has 0 spiro atoms. The molecule has 2 aromatic rings. The summed E-state index contributed by atoms with van der Waals surface area (Å²) >= 11 is 1.22. The van der Waals surface area contributed by atoms with Crippen LogP contribution in [0.4, 0.5) is 11.4 Å². The molecule has 0 unspecified atom stereocenters. The van der Waals surface area contributed by atoms with Crippen molar-refractivity contribution >= 4 is 29.0 Å². The molecule has 21 heavy (non-hydrogen) atoms. The van der Waals surface area contributed by atoms with Crippen molar-refractivity contribution in [2.75, 3.05) is 11.1 Å². The van der Waals surface area contributed by atoms with Crippen molar-refractivity contribution in [2.45, 2.75) is 12.1 Å². The number of non-ortho nitro benzene ring substituents is 1. The number of aryl methyl sites for hydroxylation is 1. The maximum Gasteiger partial charge on any atom is 0.269 e. The van der Waals surface area contributed by atoms with Gasteiger partial charge in [-0.2, -0.15) is 0 Å². The molecule has 1 N–H and O–H groups in total. The van der Waals surface area contributed by atoms with Crippen LogP contribution in [0.1, 0.15) is 5.56 Å². The topological polar surface area (TPSA) is 98.0 Å². The van der Waals surface area contributed by atoms with Gasteiger partial charge in [0.25, 0.3) is 5.69 Å². The second-order valence-electron chi connectivity index (χ2n) is 4.12. The average molecular weight is 304 g/mol. The lowest BCUT2D eigenvalue weighted by Gasteiger charge is -2.07. The Morgan fingerprint density at radius 2 is 2.10 bits per heavy atom.